The highest BCUT2D eigenvalue weighted by Crippen LogP contribution is 2.32. The van der Waals surface area contributed by atoms with Crippen molar-refractivity contribution in [1.82, 2.24) is 9.97 Å². The Kier molecular flexibility index (Phi) is 4.94. The molecule has 8 heteroatoms. The summed E-state index contributed by atoms with van der Waals surface area (Å²) in [6, 6.07) is 10.4. The van der Waals surface area contributed by atoms with E-state index in [0.717, 1.165) is 53.4 Å². The van der Waals surface area contributed by atoms with Gasteiger partial charge in [-0.1, -0.05) is 0 Å². The summed E-state index contributed by atoms with van der Waals surface area (Å²) < 4.78 is 43.6. The van der Waals surface area contributed by atoms with Gasteiger partial charge in [0.25, 0.3) is 0 Å². The fraction of sp³-hybridized carbons (Fsp3) is 0.333. The number of ether oxygens (including phenoxy) is 1. The number of anilines is 2. The van der Waals surface area contributed by atoms with Gasteiger partial charge in [-0.25, -0.2) is 4.98 Å². The van der Waals surface area contributed by atoms with E-state index in [-0.39, 0.29) is 0 Å². The Balaban J connectivity index is 1.54. The fourth-order valence-electron chi connectivity index (χ4n) is 3.62. The lowest BCUT2D eigenvalue weighted by Crippen LogP contribution is -2.47. The van der Waals surface area contributed by atoms with Gasteiger partial charge in [0.15, 0.2) is 0 Å². The van der Waals surface area contributed by atoms with Crippen LogP contribution in [0.1, 0.15) is 11.3 Å². The average molecular weight is 402 g/mol. The Morgan fingerprint density at radius 2 is 1.69 bits per heavy atom. The molecule has 1 fully saturated rings. The van der Waals surface area contributed by atoms with Crippen molar-refractivity contribution in [2.75, 3.05) is 43.1 Å². The molecular weight excluding hydrogens is 381 g/mol. The molecule has 1 saturated heterocycles. The fourth-order valence-corrected chi connectivity index (χ4v) is 3.62. The van der Waals surface area contributed by atoms with Gasteiger partial charge in [-0.3, -0.25) is 4.98 Å². The minimum Gasteiger partial charge on any atom is -0.497 e. The van der Waals surface area contributed by atoms with Crippen molar-refractivity contribution in [3.05, 3.63) is 53.9 Å². The van der Waals surface area contributed by atoms with E-state index in [1.165, 1.54) is 6.07 Å². The van der Waals surface area contributed by atoms with E-state index in [1.54, 1.807) is 7.11 Å². The molecule has 29 heavy (non-hydrogen) atoms. The molecule has 0 bridgehead atoms. The molecule has 0 saturated carbocycles. The lowest BCUT2D eigenvalue weighted by atomic mass is 10.1. The summed E-state index contributed by atoms with van der Waals surface area (Å²) in [6.45, 7) is 4.78. The van der Waals surface area contributed by atoms with Gasteiger partial charge in [0.05, 0.1) is 18.2 Å². The number of halogens is 3. The molecule has 0 spiro atoms. The number of aryl methyl sites for hydroxylation is 1. The minimum atomic E-state index is -4.37. The van der Waals surface area contributed by atoms with Crippen molar-refractivity contribution in [3.8, 4) is 5.75 Å². The first-order valence-corrected chi connectivity index (χ1v) is 9.34. The van der Waals surface area contributed by atoms with Crippen molar-refractivity contribution in [1.29, 1.82) is 0 Å². The van der Waals surface area contributed by atoms with Crippen molar-refractivity contribution in [2.24, 2.45) is 0 Å². The van der Waals surface area contributed by atoms with Crippen LogP contribution in [0.3, 0.4) is 0 Å². The topological polar surface area (TPSA) is 41.5 Å². The molecule has 1 aromatic carbocycles. The highest BCUT2D eigenvalue weighted by Gasteiger charge is 2.31. The second-order valence-corrected chi connectivity index (χ2v) is 7.04. The van der Waals surface area contributed by atoms with E-state index in [4.69, 9.17) is 4.74 Å². The van der Waals surface area contributed by atoms with Crippen LogP contribution in [0.2, 0.25) is 0 Å². The number of alkyl halides is 3. The van der Waals surface area contributed by atoms with Gasteiger partial charge in [-0.05, 0) is 43.3 Å². The van der Waals surface area contributed by atoms with E-state index in [0.29, 0.717) is 18.9 Å². The zero-order valence-corrected chi connectivity index (χ0v) is 16.2. The molecule has 0 aliphatic carbocycles. The predicted molar refractivity (Wildman–Crippen MR) is 107 cm³/mol. The number of rotatable bonds is 3. The summed E-state index contributed by atoms with van der Waals surface area (Å²) in [5.74, 6) is 1.34. The molecule has 1 aliphatic heterocycles. The van der Waals surface area contributed by atoms with E-state index in [2.05, 4.69) is 20.9 Å². The standard InChI is InChI=1S/C21H21F3N4O/c1-14-11-19(17-12-16(29-2)4-5-18(17)26-14)27-7-9-28(10-8-27)20-6-3-15(13-25-20)21(22,23)24/h3-6,11-13H,7-10H2,1-2H3. The van der Waals surface area contributed by atoms with Crippen LogP contribution in [0.15, 0.2) is 42.6 Å². The zero-order chi connectivity index (χ0) is 20.6. The second kappa shape index (κ2) is 7.42. The quantitative estimate of drug-likeness (QED) is 0.654. The zero-order valence-electron chi connectivity index (χ0n) is 16.2. The molecule has 0 unspecified atom stereocenters. The summed E-state index contributed by atoms with van der Waals surface area (Å²) in [4.78, 5) is 12.9. The summed E-state index contributed by atoms with van der Waals surface area (Å²) >= 11 is 0. The minimum absolute atomic E-state index is 0.565. The third-order valence-corrected chi connectivity index (χ3v) is 5.14. The maximum absolute atomic E-state index is 12.7. The number of benzene rings is 1. The summed E-state index contributed by atoms with van der Waals surface area (Å²) in [7, 11) is 1.64. The number of nitrogens with zero attached hydrogens (tertiary/aromatic N) is 4. The van der Waals surface area contributed by atoms with Gasteiger partial charge >= 0.3 is 6.18 Å². The Morgan fingerprint density at radius 3 is 2.31 bits per heavy atom. The van der Waals surface area contributed by atoms with Gasteiger partial charge in [0, 0.05) is 49.1 Å². The molecule has 0 atom stereocenters. The number of piperazine rings is 1. The van der Waals surface area contributed by atoms with Crippen LogP contribution in [0.4, 0.5) is 24.7 Å². The average Bonchev–Trinajstić information content (AvgIpc) is 2.72. The predicted octanol–water partition coefficient (Wildman–Crippen LogP) is 4.29. The first-order chi connectivity index (χ1) is 13.8. The van der Waals surface area contributed by atoms with Crippen LogP contribution < -0.4 is 14.5 Å². The highest BCUT2D eigenvalue weighted by atomic mass is 19.4. The molecule has 152 valence electrons. The summed E-state index contributed by atoms with van der Waals surface area (Å²) in [5.41, 5.74) is 2.20. The van der Waals surface area contributed by atoms with Gasteiger partial charge in [0.1, 0.15) is 11.6 Å². The molecule has 3 heterocycles. The van der Waals surface area contributed by atoms with Crippen LogP contribution in [0.5, 0.6) is 5.75 Å². The maximum atomic E-state index is 12.7. The van der Waals surface area contributed by atoms with Gasteiger partial charge in [-0.2, -0.15) is 13.2 Å². The molecule has 1 aliphatic rings. The van der Waals surface area contributed by atoms with Crippen molar-refractivity contribution >= 4 is 22.4 Å². The highest BCUT2D eigenvalue weighted by molar-refractivity contribution is 5.93. The maximum Gasteiger partial charge on any atom is 0.417 e. The summed E-state index contributed by atoms with van der Waals surface area (Å²) in [6.07, 6.45) is -3.47. The first-order valence-electron chi connectivity index (χ1n) is 9.34. The Labute approximate surface area is 166 Å². The van der Waals surface area contributed by atoms with Gasteiger partial charge in [-0.15, -0.1) is 0 Å². The number of hydrogen-bond donors (Lipinski definition) is 0. The third-order valence-electron chi connectivity index (χ3n) is 5.14. The number of pyridine rings is 2. The number of hydrogen-bond acceptors (Lipinski definition) is 5. The lowest BCUT2D eigenvalue weighted by molar-refractivity contribution is -0.137. The van der Waals surface area contributed by atoms with Crippen molar-refractivity contribution < 1.29 is 17.9 Å². The molecule has 0 N–H and O–H groups in total. The van der Waals surface area contributed by atoms with E-state index in [1.807, 2.05) is 30.0 Å². The van der Waals surface area contributed by atoms with Crippen LogP contribution in [0, 0.1) is 6.92 Å². The second-order valence-electron chi connectivity index (χ2n) is 7.04. The molecular formula is C21H21F3N4O. The number of fused-ring (bicyclic) bond motifs is 1. The van der Waals surface area contributed by atoms with Crippen LogP contribution in [-0.4, -0.2) is 43.3 Å². The van der Waals surface area contributed by atoms with Crippen LogP contribution in [0.25, 0.3) is 10.9 Å². The molecule has 0 radical (unpaired) electrons. The van der Waals surface area contributed by atoms with E-state index >= 15 is 0 Å². The number of methoxy groups -OCH3 is 1. The smallest absolute Gasteiger partial charge is 0.417 e. The molecule has 5 nitrogen and oxygen atoms in total. The Bertz CT molecular complexity index is 1010. The Hall–Kier alpha value is -3.03. The van der Waals surface area contributed by atoms with Crippen LogP contribution >= 0.6 is 0 Å². The van der Waals surface area contributed by atoms with E-state index in [9.17, 15) is 13.2 Å². The lowest BCUT2D eigenvalue weighted by Gasteiger charge is -2.37. The SMILES string of the molecule is COc1ccc2nc(C)cc(N3CCN(c4ccc(C(F)(F)F)cn4)CC3)c2c1. The van der Waals surface area contributed by atoms with Crippen LogP contribution in [-0.2, 0) is 6.18 Å². The molecule has 0 amide bonds. The summed E-state index contributed by atoms with van der Waals surface area (Å²) in [5, 5.41) is 1.02. The third kappa shape index (κ3) is 3.92. The van der Waals surface area contributed by atoms with Crippen molar-refractivity contribution in [3.63, 3.8) is 0 Å². The van der Waals surface area contributed by atoms with Gasteiger partial charge in [0.2, 0.25) is 0 Å². The normalized spacial score (nSPS) is 15.1. The Morgan fingerprint density at radius 1 is 0.966 bits per heavy atom. The monoisotopic (exact) mass is 402 g/mol. The first kappa shape index (κ1) is 19.3. The van der Waals surface area contributed by atoms with Crippen molar-refractivity contribution in [2.45, 2.75) is 13.1 Å². The van der Waals surface area contributed by atoms with E-state index < -0.39 is 11.7 Å². The molecule has 2 aromatic heterocycles. The van der Waals surface area contributed by atoms with Gasteiger partial charge < -0.3 is 14.5 Å². The number of aromatic nitrogens is 2. The largest absolute Gasteiger partial charge is 0.497 e. The molecule has 3 aromatic rings. The molecule has 4 rings (SSSR count).